The van der Waals surface area contributed by atoms with Crippen LogP contribution in [-0.4, -0.2) is 24.1 Å². The molecule has 0 saturated carbocycles. The first-order valence-corrected chi connectivity index (χ1v) is 15.5. The van der Waals surface area contributed by atoms with Gasteiger partial charge in [-0.25, -0.2) is 4.98 Å². The molecule has 0 aliphatic carbocycles. The van der Waals surface area contributed by atoms with E-state index in [-0.39, 0.29) is 0 Å². The average molecular weight is 588 g/mol. The van der Waals surface area contributed by atoms with Crippen molar-refractivity contribution in [2.24, 2.45) is 0 Å². The molecule has 0 atom stereocenters. The maximum absolute atomic E-state index is 5.11. The summed E-state index contributed by atoms with van der Waals surface area (Å²) in [5, 5.41) is 13.6. The van der Waals surface area contributed by atoms with E-state index >= 15 is 0 Å². The first kappa shape index (κ1) is 25.0. The number of hydrogen-bond acceptors (Lipinski definition) is 3. The number of aromatic nitrogens is 5. The van der Waals surface area contributed by atoms with Crippen LogP contribution in [0.1, 0.15) is 0 Å². The van der Waals surface area contributed by atoms with Crippen molar-refractivity contribution in [3.05, 3.63) is 152 Å². The molecule has 0 radical (unpaired) electrons. The maximum atomic E-state index is 5.11. The van der Waals surface area contributed by atoms with Crippen molar-refractivity contribution in [1.29, 1.82) is 0 Å². The van der Waals surface area contributed by atoms with E-state index in [1.165, 1.54) is 32.3 Å². The molecule has 0 aliphatic rings. The van der Waals surface area contributed by atoms with Gasteiger partial charge in [0.2, 0.25) is 0 Å². The van der Waals surface area contributed by atoms with E-state index in [2.05, 4.69) is 126 Å². The number of benzene rings is 7. The summed E-state index contributed by atoms with van der Waals surface area (Å²) in [6.07, 6.45) is 0. The summed E-state index contributed by atoms with van der Waals surface area (Å²) in [4.78, 5) is 10.1. The molecule has 0 aliphatic heterocycles. The molecular weight excluding hydrogens is 562 g/mol. The molecule has 0 saturated heterocycles. The van der Waals surface area contributed by atoms with Crippen molar-refractivity contribution in [2.75, 3.05) is 0 Å². The van der Waals surface area contributed by atoms with Crippen LogP contribution in [0.15, 0.2) is 152 Å². The minimum Gasteiger partial charge on any atom is -0.308 e. The summed E-state index contributed by atoms with van der Waals surface area (Å²) < 4.78 is 4.26. The lowest BCUT2D eigenvalue weighted by Crippen LogP contribution is -1.98. The highest BCUT2D eigenvalue weighted by molar-refractivity contribution is 6.28. The van der Waals surface area contributed by atoms with Crippen molar-refractivity contribution < 1.29 is 0 Å². The third-order valence-corrected chi connectivity index (χ3v) is 9.17. The van der Waals surface area contributed by atoms with E-state index in [0.717, 1.165) is 44.4 Å². The van der Waals surface area contributed by atoms with E-state index < -0.39 is 0 Å². The maximum Gasteiger partial charge on any atom is 0.253 e. The molecule has 5 nitrogen and oxygen atoms in total. The summed E-state index contributed by atoms with van der Waals surface area (Å²) in [7, 11) is 0. The lowest BCUT2D eigenvalue weighted by Gasteiger charge is -2.12. The number of nitrogens with zero attached hydrogens (tertiary/aromatic N) is 5. The molecule has 46 heavy (non-hydrogen) atoms. The molecule has 0 amide bonds. The Labute approximate surface area is 263 Å². The smallest absolute Gasteiger partial charge is 0.253 e. The van der Waals surface area contributed by atoms with Gasteiger partial charge in [0.05, 0.1) is 27.9 Å². The fraction of sp³-hybridized carbons (Fsp3) is 0. The predicted octanol–water partition coefficient (Wildman–Crippen LogP) is 10.0. The lowest BCUT2D eigenvalue weighted by atomic mass is 10.00. The highest BCUT2D eigenvalue weighted by Gasteiger charge is 2.21. The van der Waals surface area contributed by atoms with E-state index in [1.54, 1.807) is 0 Å². The number of hydrogen-bond donors (Lipinski definition) is 0. The molecule has 214 valence electrons. The zero-order valence-electron chi connectivity index (χ0n) is 24.7. The molecule has 7 aromatic carbocycles. The molecular formula is C41H25N5. The van der Waals surface area contributed by atoms with Gasteiger partial charge in [0.25, 0.3) is 5.78 Å². The van der Waals surface area contributed by atoms with Gasteiger partial charge >= 0.3 is 0 Å². The molecule has 0 fully saturated rings. The molecule has 5 heteroatoms. The first-order valence-electron chi connectivity index (χ1n) is 15.5. The van der Waals surface area contributed by atoms with Crippen LogP contribution in [0, 0.1) is 0 Å². The molecule has 10 rings (SSSR count). The second kappa shape index (κ2) is 9.58. The summed E-state index contributed by atoms with van der Waals surface area (Å²) in [6.45, 7) is 0. The van der Waals surface area contributed by atoms with Gasteiger partial charge < -0.3 is 4.57 Å². The first-order chi connectivity index (χ1) is 22.8. The standard InChI is InChI=1S/C41H25N5/c1-2-14-28(15-3-1)39-31-18-8-11-21-34(31)46-41(42-39)43-40(44-46)32-19-9-10-20-33(32)45-35-24-22-26-12-4-6-16-29(26)37(35)38-30-17-7-5-13-27(30)23-25-36(38)45/h1-25H. The Balaban J connectivity index is 1.29. The third kappa shape index (κ3) is 3.54. The van der Waals surface area contributed by atoms with Gasteiger partial charge in [-0.05, 0) is 51.9 Å². The molecule has 3 heterocycles. The Morgan fingerprint density at radius 2 is 1.02 bits per heavy atom. The number of para-hydroxylation sites is 2. The Hall–Kier alpha value is -6.33. The highest BCUT2D eigenvalue weighted by atomic mass is 15.3. The molecule has 3 aromatic heterocycles. The van der Waals surface area contributed by atoms with Gasteiger partial charge in [-0.15, -0.1) is 5.10 Å². The van der Waals surface area contributed by atoms with Crippen LogP contribution < -0.4 is 0 Å². The van der Waals surface area contributed by atoms with Gasteiger partial charge in [0.1, 0.15) is 0 Å². The number of fused-ring (bicyclic) bond motifs is 10. The predicted molar refractivity (Wildman–Crippen MR) is 189 cm³/mol. The van der Waals surface area contributed by atoms with Crippen LogP contribution in [0.2, 0.25) is 0 Å². The van der Waals surface area contributed by atoms with Gasteiger partial charge in [-0.2, -0.15) is 9.50 Å². The minimum atomic E-state index is 0.571. The summed E-state index contributed by atoms with van der Waals surface area (Å²) >= 11 is 0. The third-order valence-electron chi connectivity index (χ3n) is 9.17. The SMILES string of the molecule is c1ccc(-c2nc3nc(-c4ccccc4-n4c5ccc6ccccc6c5c5c6ccccc6ccc54)nn3c3ccccc23)cc1. The van der Waals surface area contributed by atoms with E-state index in [0.29, 0.717) is 11.6 Å². The van der Waals surface area contributed by atoms with Crippen molar-refractivity contribution in [3.63, 3.8) is 0 Å². The van der Waals surface area contributed by atoms with Crippen LogP contribution >= 0.6 is 0 Å². The van der Waals surface area contributed by atoms with Crippen LogP contribution in [0.3, 0.4) is 0 Å². The average Bonchev–Trinajstić information content (AvgIpc) is 3.72. The van der Waals surface area contributed by atoms with Crippen molar-refractivity contribution in [1.82, 2.24) is 24.1 Å². The van der Waals surface area contributed by atoms with Crippen molar-refractivity contribution in [3.8, 4) is 28.3 Å². The van der Waals surface area contributed by atoms with E-state index in [9.17, 15) is 0 Å². The molecule has 0 spiro atoms. The fourth-order valence-electron chi connectivity index (χ4n) is 7.15. The molecule has 0 bridgehead atoms. The van der Waals surface area contributed by atoms with Crippen LogP contribution in [0.4, 0.5) is 0 Å². The van der Waals surface area contributed by atoms with Crippen molar-refractivity contribution in [2.45, 2.75) is 0 Å². The quantitative estimate of drug-likeness (QED) is 0.207. The Morgan fingerprint density at radius 1 is 0.435 bits per heavy atom. The van der Waals surface area contributed by atoms with Gasteiger partial charge in [-0.3, -0.25) is 0 Å². The van der Waals surface area contributed by atoms with Crippen LogP contribution in [-0.2, 0) is 0 Å². The topological polar surface area (TPSA) is 48.0 Å². The Bertz CT molecular complexity index is 2720. The summed E-state index contributed by atoms with van der Waals surface area (Å²) in [5.74, 6) is 1.21. The van der Waals surface area contributed by atoms with Gasteiger partial charge in [-0.1, -0.05) is 121 Å². The van der Waals surface area contributed by atoms with Gasteiger partial charge in [0.15, 0.2) is 5.82 Å². The second-order valence-electron chi connectivity index (χ2n) is 11.7. The summed E-state index contributed by atoms with van der Waals surface area (Å²) in [5.41, 5.74) is 7.19. The highest BCUT2D eigenvalue weighted by Crippen LogP contribution is 2.42. The zero-order chi connectivity index (χ0) is 30.2. The van der Waals surface area contributed by atoms with E-state index in [1.807, 2.05) is 34.8 Å². The molecule has 0 unspecified atom stereocenters. The Morgan fingerprint density at radius 3 is 1.74 bits per heavy atom. The van der Waals surface area contributed by atoms with Crippen LogP contribution in [0.5, 0.6) is 0 Å². The van der Waals surface area contributed by atoms with Gasteiger partial charge in [0, 0.05) is 27.3 Å². The van der Waals surface area contributed by atoms with E-state index in [4.69, 9.17) is 15.1 Å². The molecule has 10 aromatic rings. The number of rotatable bonds is 3. The lowest BCUT2D eigenvalue weighted by molar-refractivity contribution is 0.987. The monoisotopic (exact) mass is 587 g/mol. The minimum absolute atomic E-state index is 0.571. The zero-order valence-corrected chi connectivity index (χ0v) is 24.7. The Kier molecular flexibility index (Phi) is 5.22. The van der Waals surface area contributed by atoms with Crippen molar-refractivity contribution >= 4 is 60.0 Å². The normalized spacial score (nSPS) is 11.9. The second-order valence-corrected chi connectivity index (χ2v) is 11.7. The largest absolute Gasteiger partial charge is 0.308 e. The fourth-order valence-corrected chi connectivity index (χ4v) is 7.15. The van der Waals surface area contributed by atoms with Crippen LogP contribution in [0.25, 0.3) is 88.4 Å². The molecule has 0 N–H and O–H groups in total. The summed E-state index contributed by atoms with van der Waals surface area (Å²) in [6, 6.07) is 53.3.